The van der Waals surface area contributed by atoms with E-state index < -0.39 is 0 Å². The highest BCUT2D eigenvalue weighted by atomic mass is 16.5. The lowest BCUT2D eigenvalue weighted by Crippen LogP contribution is -2.20. The van der Waals surface area contributed by atoms with Gasteiger partial charge in [0.1, 0.15) is 0 Å². The van der Waals surface area contributed by atoms with E-state index in [1.807, 2.05) is 0 Å². The summed E-state index contributed by atoms with van der Waals surface area (Å²) in [6, 6.07) is 0. The summed E-state index contributed by atoms with van der Waals surface area (Å²) in [5, 5.41) is 12.9. The molecule has 0 spiro atoms. The van der Waals surface area contributed by atoms with E-state index in [4.69, 9.17) is 0 Å². The molecular weight excluding hydrogens is 474 g/mol. The fraction of sp³-hybridized carbons (Fsp3) is 1.00. The van der Waals surface area contributed by atoms with Crippen molar-refractivity contribution in [3.63, 3.8) is 0 Å². The Hall–Kier alpha value is -0.0800. The minimum atomic E-state index is 0.622. The lowest BCUT2D eigenvalue weighted by Gasteiger charge is -2.28. The Morgan fingerprint density at radius 2 is 0.564 bits per heavy atom. The molecule has 0 heterocycles. The normalized spacial score (nSPS) is 12.5. The number of hydrogen-bond acceptors (Lipinski definition) is 2. The third-order valence-electron chi connectivity index (χ3n) is 8.95. The zero-order valence-corrected chi connectivity index (χ0v) is 27.8. The standard InChI is InChI=1S/C37H76NO/c1-4-6-8-10-12-14-16-18-20-21-23-25-27-29-31-33-35-37(36-38(3)39)34-32-30-28-26-24-22-19-17-15-13-11-9-7-5-2/h37H,4-36H2,1-3H3/q-1. The van der Waals surface area contributed by atoms with Gasteiger partial charge in [-0.05, 0) is 32.4 Å². The highest BCUT2D eigenvalue weighted by Gasteiger charge is 2.08. The van der Waals surface area contributed by atoms with Gasteiger partial charge in [-0.15, -0.1) is 0 Å². The van der Waals surface area contributed by atoms with Crippen molar-refractivity contribution in [2.24, 2.45) is 5.92 Å². The number of rotatable bonds is 34. The second-order valence-corrected chi connectivity index (χ2v) is 13.2. The average Bonchev–Trinajstić information content (AvgIpc) is 2.92. The lowest BCUT2D eigenvalue weighted by molar-refractivity contribution is 0.307. The molecule has 2 heteroatoms. The molecule has 0 aromatic carbocycles. The van der Waals surface area contributed by atoms with Crippen LogP contribution in [0.15, 0.2) is 0 Å². The van der Waals surface area contributed by atoms with Crippen LogP contribution in [0, 0.1) is 11.1 Å². The summed E-state index contributed by atoms with van der Waals surface area (Å²) in [5.41, 5.74) is 0. The molecule has 0 amide bonds. The van der Waals surface area contributed by atoms with Crippen LogP contribution in [-0.4, -0.2) is 18.7 Å². The van der Waals surface area contributed by atoms with Gasteiger partial charge in [0, 0.05) is 0 Å². The van der Waals surface area contributed by atoms with Crippen LogP contribution in [0.4, 0.5) is 0 Å². The zero-order chi connectivity index (χ0) is 28.5. The third-order valence-corrected chi connectivity index (χ3v) is 8.95. The van der Waals surface area contributed by atoms with Crippen LogP contribution in [0.25, 0.3) is 0 Å². The van der Waals surface area contributed by atoms with E-state index in [2.05, 4.69) is 13.8 Å². The van der Waals surface area contributed by atoms with Gasteiger partial charge in [0.05, 0.1) is 0 Å². The van der Waals surface area contributed by atoms with Gasteiger partial charge >= 0.3 is 0 Å². The first-order valence-corrected chi connectivity index (χ1v) is 18.6. The molecule has 1 unspecified atom stereocenters. The van der Waals surface area contributed by atoms with E-state index in [0.717, 1.165) is 6.54 Å². The van der Waals surface area contributed by atoms with Crippen molar-refractivity contribution < 1.29 is 0 Å². The van der Waals surface area contributed by atoms with Crippen LogP contribution in [0.5, 0.6) is 0 Å². The molecule has 1 atom stereocenters. The smallest absolute Gasteiger partial charge is 0.0118 e. The Labute approximate surface area is 248 Å². The quantitative estimate of drug-likeness (QED) is 0.0588. The Balaban J connectivity index is 3.47. The van der Waals surface area contributed by atoms with E-state index in [1.54, 1.807) is 7.05 Å². The maximum absolute atomic E-state index is 11.7. The first-order valence-electron chi connectivity index (χ1n) is 18.6. The predicted molar refractivity (Wildman–Crippen MR) is 179 cm³/mol. The van der Waals surface area contributed by atoms with Gasteiger partial charge in [0.2, 0.25) is 0 Å². The molecule has 0 fully saturated rings. The predicted octanol–water partition coefficient (Wildman–Crippen LogP) is 13.6. The minimum Gasteiger partial charge on any atom is -0.785 e. The van der Waals surface area contributed by atoms with Crippen LogP contribution in [0.2, 0.25) is 0 Å². The monoisotopic (exact) mass is 551 g/mol. The molecule has 0 saturated heterocycles. The number of unbranched alkanes of at least 4 members (excludes halogenated alkanes) is 28. The van der Waals surface area contributed by atoms with Crippen molar-refractivity contribution >= 4 is 0 Å². The SMILES string of the molecule is CCCCCCCCCCCCCCCCCCC(CCCCCCCCCCCCCCCC)CN(C)[O-]. The topological polar surface area (TPSA) is 26.3 Å². The molecule has 2 nitrogen and oxygen atoms in total. The van der Waals surface area contributed by atoms with E-state index in [9.17, 15) is 5.21 Å². The van der Waals surface area contributed by atoms with Gasteiger partial charge in [-0.3, -0.25) is 0 Å². The maximum atomic E-state index is 11.7. The molecule has 236 valence electrons. The van der Waals surface area contributed by atoms with Gasteiger partial charge in [0.25, 0.3) is 0 Å². The Morgan fingerprint density at radius 1 is 0.359 bits per heavy atom. The molecule has 0 aromatic heterocycles. The van der Waals surface area contributed by atoms with E-state index in [1.165, 1.54) is 211 Å². The summed E-state index contributed by atoms with van der Waals surface area (Å²) in [6.07, 6.45) is 45.3. The van der Waals surface area contributed by atoms with E-state index in [0.29, 0.717) is 5.92 Å². The Bertz CT molecular complexity index is 424. The molecule has 39 heavy (non-hydrogen) atoms. The Morgan fingerprint density at radius 3 is 0.769 bits per heavy atom. The van der Waals surface area contributed by atoms with Crippen LogP contribution in [0.3, 0.4) is 0 Å². The van der Waals surface area contributed by atoms with Gasteiger partial charge in [0.15, 0.2) is 0 Å². The molecule has 0 saturated carbocycles. The van der Waals surface area contributed by atoms with Gasteiger partial charge in [-0.2, -0.15) is 0 Å². The van der Waals surface area contributed by atoms with Crippen LogP contribution in [-0.2, 0) is 0 Å². The summed E-state index contributed by atoms with van der Waals surface area (Å²) >= 11 is 0. The van der Waals surface area contributed by atoms with Gasteiger partial charge < -0.3 is 10.3 Å². The fourth-order valence-corrected chi connectivity index (χ4v) is 6.30. The second kappa shape index (κ2) is 34.1. The van der Waals surface area contributed by atoms with Crippen molar-refractivity contribution in [1.29, 1.82) is 0 Å². The summed E-state index contributed by atoms with van der Waals surface area (Å²) in [4.78, 5) is 0. The number of hydroxylamine groups is 2. The highest BCUT2D eigenvalue weighted by Crippen LogP contribution is 2.21. The van der Waals surface area contributed by atoms with Crippen molar-refractivity contribution in [3.8, 4) is 0 Å². The Kier molecular flexibility index (Phi) is 34.1. The number of hydrogen-bond donors (Lipinski definition) is 0. The van der Waals surface area contributed by atoms with Crippen molar-refractivity contribution in [2.75, 3.05) is 13.6 Å². The molecule has 0 rings (SSSR count). The highest BCUT2D eigenvalue weighted by molar-refractivity contribution is 4.65. The maximum Gasteiger partial charge on any atom is -0.0118 e. The minimum absolute atomic E-state index is 0.622. The fourth-order valence-electron chi connectivity index (χ4n) is 6.30. The van der Waals surface area contributed by atoms with Crippen LogP contribution < -0.4 is 0 Å². The molecule has 0 aliphatic heterocycles. The molecule has 0 aromatic rings. The van der Waals surface area contributed by atoms with E-state index >= 15 is 0 Å². The average molecular weight is 551 g/mol. The zero-order valence-electron chi connectivity index (χ0n) is 27.8. The summed E-state index contributed by atoms with van der Waals surface area (Å²) in [5.74, 6) is 0.622. The largest absolute Gasteiger partial charge is 0.785 e. The molecule has 0 radical (unpaired) electrons. The van der Waals surface area contributed by atoms with Crippen LogP contribution in [0.1, 0.15) is 219 Å². The number of nitrogens with zero attached hydrogens (tertiary/aromatic N) is 1. The summed E-state index contributed by atoms with van der Waals surface area (Å²) in [7, 11) is 1.71. The van der Waals surface area contributed by atoms with Crippen molar-refractivity contribution in [2.45, 2.75) is 219 Å². The molecular formula is C37H76NO-. The van der Waals surface area contributed by atoms with Crippen LogP contribution >= 0.6 is 0 Å². The van der Waals surface area contributed by atoms with Crippen molar-refractivity contribution in [1.82, 2.24) is 5.06 Å². The molecule has 0 N–H and O–H groups in total. The van der Waals surface area contributed by atoms with Gasteiger partial charge in [-0.1, -0.05) is 206 Å². The first kappa shape index (κ1) is 38.9. The van der Waals surface area contributed by atoms with E-state index in [-0.39, 0.29) is 0 Å². The summed E-state index contributed by atoms with van der Waals surface area (Å²) in [6.45, 7) is 5.34. The summed E-state index contributed by atoms with van der Waals surface area (Å²) < 4.78 is 0. The van der Waals surface area contributed by atoms with Gasteiger partial charge in [-0.25, -0.2) is 0 Å². The third kappa shape index (κ3) is 34.0. The molecule has 0 aliphatic rings. The molecule has 0 aliphatic carbocycles. The van der Waals surface area contributed by atoms with Crippen molar-refractivity contribution in [3.05, 3.63) is 5.21 Å². The lowest BCUT2D eigenvalue weighted by atomic mass is 9.94. The first-order chi connectivity index (χ1) is 19.2. The second-order valence-electron chi connectivity index (χ2n) is 13.2. The molecule has 0 bridgehead atoms.